The van der Waals surface area contributed by atoms with Crippen LogP contribution in [0, 0.1) is 10.1 Å². The maximum absolute atomic E-state index is 13.0. The highest BCUT2D eigenvalue weighted by atomic mass is 16.6. The zero-order valence-electron chi connectivity index (χ0n) is 18.4. The van der Waals surface area contributed by atoms with Crippen molar-refractivity contribution in [1.29, 1.82) is 0 Å². The van der Waals surface area contributed by atoms with E-state index < -0.39 is 16.9 Å². The lowest BCUT2D eigenvalue weighted by atomic mass is 10.1. The van der Waals surface area contributed by atoms with E-state index in [4.69, 9.17) is 4.74 Å². The highest BCUT2D eigenvalue weighted by Gasteiger charge is 2.26. The molecule has 3 aromatic rings. The third kappa shape index (κ3) is 5.94. The first kappa shape index (κ1) is 23.5. The molecule has 2 amide bonds. The van der Waals surface area contributed by atoms with E-state index in [0.717, 1.165) is 5.56 Å². The van der Waals surface area contributed by atoms with Crippen LogP contribution in [0.5, 0.6) is 5.75 Å². The Kier molecular flexibility index (Phi) is 7.75. The SMILES string of the molecule is CC(Oc1ccccc1[N+](=O)[O-])C(=O)N(C)c1ccccc1C(=O)NCCc1ccccc1. The predicted octanol–water partition coefficient (Wildman–Crippen LogP) is 4.00. The zero-order chi connectivity index (χ0) is 23.8. The van der Waals surface area contributed by atoms with Crippen LogP contribution >= 0.6 is 0 Å². The molecule has 0 radical (unpaired) electrons. The smallest absolute Gasteiger partial charge is 0.310 e. The van der Waals surface area contributed by atoms with Crippen LogP contribution in [0.4, 0.5) is 11.4 Å². The maximum Gasteiger partial charge on any atom is 0.310 e. The van der Waals surface area contributed by atoms with E-state index in [0.29, 0.717) is 24.2 Å². The Balaban J connectivity index is 1.69. The summed E-state index contributed by atoms with van der Waals surface area (Å²) < 4.78 is 5.59. The summed E-state index contributed by atoms with van der Waals surface area (Å²) in [5.74, 6) is -0.741. The van der Waals surface area contributed by atoms with Crippen LogP contribution in [-0.2, 0) is 11.2 Å². The Morgan fingerprint density at radius 3 is 2.36 bits per heavy atom. The summed E-state index contributed by atoms with van der Waals surface area (Å²) in [5.41, 5.74) is 1.65. The number of carbonyl (C=O) groups is 2. The number of amides is 2. The van der Waals surface area contributed by atoms with E-state index in [1.807, 2.05) is 30.3 Å². The Hall–Kier alpha value is -4.20. The molecule has 0 saturated heterocycles. The molecule has 1 unspecified atom stereocenters. The number of ether oxygens (including phenoxy) is 1. The van der Waals surface area contributed by atoms with E-state index >= 15 is 0 Å². The summed E-state index contributed by atoms with van der Waals surface area (Å²) in [6.45, 7) is 1.96. The largest absolute Gasteiger partial charge is 0.474 e. The van der Waals surface area contributed by atoms with Crippen LogP contribution in [-0.4, -0.2) is 36.4 Å². The van der Waals surface area contributed by atoms with Crippen molar-refractivity contribution < 1.29 is 19.2 Å². The molecule has 0 aliphatic rings. The molecular formula is C25H25N3O5. The minimum absolute atomic E-state index is 0.00342. The number of nitro benzene ring substituents is 1. The summed E-state index contributed by atoms with van der Waals surface area (Å²) in [4.78, 5) is 37.8. The minimum atomic E-state index is -1.01. The van der Waals surface area contributed by atoms with Crippen molar-refractivity contribution in [2.45, 2.75) is 19.4 Å². The lowest BCUT2D eigenvalue weighted by Crippen LogP contribution is -2.39. The number of nitro groups is 1. The van der Waals surface area contributed by atoms with E-state index in [2.05, 4.69) is 5.32 Å². The molecule has 33 heavy (non-hydrogen) atoms. The number of rotatable bonds is 9. The van der Waals surface area contributed by atoms with Gasteiger partial charge in [-0.05, 0) is 37.1 Å². The summed E-state index contributed by atoms with van der Waals surface area (Å²) in [5, 5.41) is 14.1. The second-order valence-corrected chi connectivity index (χ2v) is 7.39. The van der Waals surface area contributed by atoms with Gasteiger partial charge in [-0.3, -0.25) is 19.7 Å². The quantitative estimate of drug-likeness (QED) is 0.395. The van der Waals surface area contributed by atoms with E-state index in [1.54, 1.807) is 30.3 Å². The van der Waals surface area contributed by atoms with Gasteiger partial charge in [0.25, 0.3) is 11.8 Å². The van der Waals surface area contributed by atoms with E-state index in [1.165, 1.54) is 37.1 Å². The van der Waals surface area contributed by atoms with Gasteiger partial charge in [0.2, 0.25) is 0 Å². The first-order chi connectivity index (χ1) is 15.9. The van der Waals surface area contributed by atoms with Crippen LogP contribution in [0.2, 0.25) is 0 Å². The monoisotopic (exact) mass is 447 g/mol. The average molecular weight is 447 g/mol. The van der Waals surface area contributed by atoms with Crippen molar-refractivity contribution in [1.82, 2.24) is 5.32 Å². The number of hydrogen-bond donors (Lipinski definition) is 1. The summed E-state index contributed by atoms with van der Waals surface area (Å²) in [6.07, 6.45) is -0.324. The van der Waals surface area contributed by atoms with Crippen molar-refractivity contribution in [2.24, 2.45) is 0 Å². The van der Waals surface area contributed by atoms with Gasteiger partial charge >= 0.3 is 5.69 Å². The van der Waals surface area contributed by atoms with E-state index in [-0.39, 0.29) is 17.3 Å². The molecule has 0 spiro atoms. The standard InChI is InChI=1S/C25H25N3O5/c1-18(33-23-15-9-8-14-22(23)28(31)32)25(30)27(2)21-13-7-6-12-20(21)24(29)26-17-16-19-10-4-3-5-11-19/h3-15,18H,16-17H2,1-2H3,(H,26,29). The van der Waals surface area contributed by atoms with Crippen LogP contribution in [0.15, 0.2) is 78.9 Å². The van der Waals surface area contributed by atoms with Crippen molar-refractivity contribution >= 4 is 23.2 Å². The van der Waals surface area contributed by atoms with Gasteiger partial charge in [0, 0.05) is 19.7 Å². The molecule has 0 aliphatic heterocycles. The highest BCUT2D eigenvalue weighted by molar-refractivity contribution is 6.05. The molecule has 1 N–H and O–H groups in total. The fourth-order valence-electron chi connectivity index (χ4n) is 3.36. The molecule has 8 heteroatoms. The van der Waals surface area contributed by atoms with Crippen molar-refractivity contribution in [2.75, 3.05) is 18.5 Å². The lowest BCUT2D eigenvalue weighted by molar-refractivity contribution is -0.386. The number of anilines is 1. The van der Waals surface area contributed by atoms with Crippen LogP contribution in [0.25, 0.3) is 0 Å². The number of benzene rings is 3. The number of likely N-dealkylation sites (N-methyl/N-ethyl adjacent to an activating group) is 1. The van der Waals surface area contributed by atoms with Crippen LogP contribution < -0.4 is 15.0 Å². The molecule has 0 bridgehead atoms. The number of nitrogens with one attached hydrogen (secondary N) is 1. The second kappa shape index (κ2) is 10.9. The Morgan fingerprint density at radius 2 is 1.64 bits per heavy atom. The Bertz CT molecular complexity index is 1130. The Labute approximate surface area is 191 Å². The topological polar surface area (TPSA) is 102 Å². The van der Waals surface area contributed by atoms with Gasteiger partial charge in [-0.25, -0.2) is 0 Å². The zero-order valence-corrected chi connectivity index (χ0v) is 18.4. The minimum Gasteiger partial charge on any atom is -0.474 e. The first-order valence-electron chi connectivity index (χ1n) is 10.5. The third-order valence-electron chi connectivity index (χ3n) is 5.10. The highest BCUT2D eigenvalue weighted by Crippen LogP contribution is 2.28. The van der Waals surface area contributed by atoms with Crippen LogP contribution in [0.3, 0.4) is 0 Å². The Morgan fingerprint density at radius 1 is 1.00 bits per heavy atom. The maximum atomic E-state index is 13.0. The number of nitrogens with zero attached hydrogens (tertiary/aromatic N) is 2. The molecular weight excluding hydrogens is 422 g/mol. The molecule has 0 saturated carbocycles. The summed E-state index contributed by atoms with van der Waals surface area (Å²) >= 11 is 0. The number of carbonyl (C=O) groups excluding carboxylic acids is 2. The second-order valence-electron chi connectivity index (χ2n) is 7.39. The van der Waals surface area contributed by atoms with Crippen molar-refractivity contribution in [3.63, 3.8) is 0 Å². The number of para-hydroxylation sites is 3. The predicted molar refractivity (Wildman–Crippen MR) is 126 cm³/mol. The van der Waals surface area contributed by atoms with Gasteiger partial charge in [-0.2, -0.15) is 0 Å². The molecule has 8 nitrogen and oxygen atoms in total. The van der Waals surface area contributed by atoms with Gasteiger partial charge in [-0.1, -0.05) is 54.6 Å². The average Bonchev–Trinajstić information content (AvgIpc) is 2.83. The van der Waals surface area contributed by atoms with Gasteiger partial charge < -0.3 is 15.0 Å². The normalized spacial score (nSPS) is 11.3. The lowest BCUT2D eigenvalue weighted by Gasteiger charge is -2.24. The van der Waals surface area contributed by atoms with Gasteiger partial charge in [0.1, 0.15) is 0 Å². The fourth-order valence-corrected chi connectivity index (χ4v) is 3.36. The molecule has 3 aromatic carbocycles. The fraction of sp³-hybridized carbons (Fsp3) is 0.200. The molecule has 0 aliphatic carbocycles. The number of hydrogen-bond acceptors (Lipinski definition) is 5. The van der Waals surface area contributed by atoms with E-state index in [9.17, 15) is 19.7 Å². The van der Waals surface area contributed by atoms with Crippen molar-refractivity contribution in [3.05, 3.63) is 100 Å². The van der Waals surface area contributed by atoms with Crippen molar-refractivity contribution in [3.8, 4) is 5.75 Å². The van der Waals surface area contributed by atoms with Gasteiger partial charge in [0.15, 0.2) is 11.9 Å². The van der Waals surface area contributed by atoms with Gasteiger partial charge in [-0.15, -0.1) is 0 Å². The molecule has 170 valence electrons. The van der Waals surface area contributed by atoms with Gasteiger partial charge in [0.05, 0.1) is 16.2 Å². The summed E-state index contributed by atoms with van der Waals surface area (Å²) in [7, 11) is 1.54. The molecule has 0 fully saturated rings. The molecule has 0 aromatic heterocycles. The van der Waals surface area contributed by atoms with Crippen LogP contribution in [0.1, 0.15) is 22.8 Å². The first-order valence-corrected chi connectivity index (χ1v) is 10.5. The summed E-state index contributed by atoms with van der Waals surface area (Å²) in [6, 6.07) is 22.4. The molecule has 0 heterocycles. The third-order valence-corrected chi connectivity index (χ3v) is 5.10. The molecule has 1 atom stereocenters. The molecule has 3 rings (SSSR count).